The van der Waals surface area contributed by atoms with E-state index in [1.807, 2.05) is 25.1 Å². The lowest BCUT2D eigenvalue weighted by atomic mass is 9.96. The van der Waals surface area contributed by atoms with Crippen LogP contribution in [0.1, 0.15) is 28.3 Å². The first-order chi connectivity index (χ1) is 9.45. The fourth-order valence-corrected chi connectivity index (χ4v) is 2.57. The molecule has 1 N–H and O–H groups in total. The zero-order valence-corrected chi connectivity index (χ0v) is 12.4. The van der Waals surface area contributed by atoms with Gasteiger partial charge in [-0.25, -0.2) is 8.78 Å². The molecule has 0 spiro atoms. The molecule has 0 aliphatic rings. The fourth-order valence-electron chi connectivity index (χ4n) is 2.23. The van der Waals surface area contributed by atoms with Crippen molar-refractivity contribution >= 4 is 11.6 Å². The van der Waals surface area contributed by atoms with Gasteiger partial charge in [-0.3, -0.25) is 0 Å². The molecule has 2 aromatic rings. The summed E-state index contributed by atoms with van der Waals surface area (Å²) in [6.45, 7) is 3.46. The summed E-state index contributed by atoms with van der Waals surface area (Å²) in [7, 11) is 1.69. The van der Waals surface area contributed by atoms with Crippen LogP contribution >= 0.6 is 11.6 Å². The summed E-state index contributed by atoms with van der Waals surface area (Å²) in [5.41, 5.74) is 2.28. The van der Waals surface area contributed by atoms with Crippen LogP contribution in [0.2, 0.25) is 5.02 Å². The second kappa shape index (κ2) is 5.90. The summed E-state index contributed by atoms with van der Waals surface area (Å²) in [5.74, 6) is -1.65. The molecule has 4 heteroatoms. The van der Waals surface area contributed by atoms with Crippen LogP contribution in [0.3, 0.4) is 0 Å². The van der Waals surface area contributed by atoms with Crippen LogP contribution in [-0.4, -0.2) is 7.05 Å². The van der Waals surface area contributed by atoms with Crippen molar-refractivity contribution < 1.29 is 8.78 Å². The Kier molecular flexibility index (Phi) is 4.41. The number of aryl methyl sites for hydroxylation is 2. The lowest BCUT2D eigenvalue weighted by Crippen LogP contribution is -2.20. The molecule has 0 saturated carbocycles. The molecule has 0 heterocycles. The Bertz CT molecular complexity index is 641. The molecular formula is C16H16ClF2N. The Balaban J connectivity index is 2.55. The first kappa shape index (κ1) is 14.9. The van der Waals surface area contributed by atoms with Crippen molar-refractivity contribution in [2.75, 3.05) is 7.05 Å². The third-order valence-corrected chi connectivity index (χ3v) is 3.70. The van der Waals surface area contributed by atoms with E-state index in [-0.39, 0.29) is 11.1 Å². The lowest BCUT2D eigenvalue weighted by Gasteiger charge is -2.20. The highest BCUT2D eigenvalue weighted by atomic mass is 35.5. The van der Waals surface area contributed by atoms with Gasteiger partial charge in [-0.15, -0.1) is 0 Å². The van der Waals surface area contributed by atoms with Crippen molar-refractivity contribution in [2.45, 2.75) is 19.9 Å². The summed E-state index contributed by atoms with van der Waals surface area (Å²) in [5, 5.41) is 3.52. The van der Waals surface area contributed by atoms with Crippen molar-refractivity contribution in [3.8, 4) is 0 Å². The second-order valence-corrected chi connectivity index (χ2v) is 5.25. The van der Waals surface area contributed by atoms with Crippen molar-refractivity contribution in [1.82, 2.24) is 5.32 Å². The van der Waals surface area contributed by atoms with Crippen molar-refractivity contribution in [1.29, 1.82) is 0 Å². The third-order valence-electron chi connectivity index (χ3n) is 3.37. The zero-order chi connectivity index (χ0) is 14.9. The van der Waals surface area contributed by atoms with Gasteiger partial charge in [-0.1, -0.05) is 35.9 Å². The fraction of sp³-hybridized carbons (Fsp3) is 0.250. The largest absolute Gasteiger partial charge is 0.309 e. The molecule has 0 bridgehead atoms. The molecule has 0 saturated heterocycles. The van der Waals surface area contributed by atoms with E-state index in [1.54, 1.807) is 19.2 Å². The van der Waals surface area contributed by atoms with Gasteiger partial charge in [0.1, 0.15) is 0 Å². The van der Waals surface area contributed by atoms with Gasteiger partial charge >= 0.3 is 0 Å². The molecule has 20 heavy (non-hydrogen) atoms. The molecule has 1 nitrogen and oxygen atoms in total. The number of hydrogen-bond donors (Lipinski definition) is 1. The SMILES string of the molecule is CNC(c1ccc(C)cc1Cl)c1ccc(C)c(F)c1F. The van der Waals surface area contributed by atoms with Gasteiger partial charge in [0, 0.05) is 10.6 Å². The predicted octanol–water partition coefficient (Wildman–Crippen LogP) is 4.54. The molecule has 0 fully saturated rings. The summed E-state index contributed by atoms with van der Waals surface area (Å²) in [6, 6.07) is 8.21. The maximum atomic E-state index is 14.1. The van der Waals surface area contributed by atoms with Crippen LogP contribution in [0.25, 0.3) is 0 Å². The molecule has 2 aromatic carbocycles. The summed E-state index contributed by atoms with van der Waals surface area (Å²) >= 11 is 6.22. The van der Waals surface area contributed by atoms with Crippen LogP contribution < -0.4 is 5.32 Å². The monoisotopic (exact) mass is 295 g/mol. The minimum atomic E-state index is -0.832. The highest BCUT2D eigenvalue weighted by molar-refractivity contribution is 6.31. The van der Waals surface area contributed by atoms with E-state index in [4.69, 9.17) is 11.6 Å². The van der Waals surface area contributed by atoms with Crippen LogP contribution in [0.4, 0.5) is 8.78 Å². The Hall–Kier alpha value is -1.45. The topological polar surface area (TPSA) is 12.0 Å². The molecule has 0 aromatic heterocycles. The van der Waals surface area contributed by atoms with Crippen LogP contribution in [0, 0.1) is 25.5 Å². The molecular weight excluding hydrogens is 280 g/mol. The number of rotatable bonds is 3. The van der Waals surface area contributed by atoms with Crippen molar-refractivity contribution in [2.24, 2.45) is 0 Å². The quantitative estimate of drug-likeness (QED) is 0.876. The maximum absolute atomic E-state index is 14.1. The Morgan fingerprint density at radius 1 is 1.00 bits per heavy atom. The highest BCUT2D eigenvalue weighted by Crippen LogP contribution is 2.31. The molecule has 2 rings (SSSR count). The molecule has 1 unspecified atom stereocenters. The summed E-state index contributed by atoms with van der Waals surface area (Å²) in [4.78, 5) is 0. The van der Waals surface area contributed by atoms with E-state index >= 15 is 0 Å². The van der Waals surface area contributed by atoms with Gasteiger partial charge in [0.25, 0.3) is 0 Å². The summed E-state index contributed by atoms with van der Waals surface area (Å²) < 4.78 is 27.9. The average Bonchev–Trinajstić information content (AvgIpc) is 2.41. The molecule has 0 aliphatic carbocycles. The number of nitrogens with one attached hydrogen (secondary N) is 1. The number of hydrogen-bond acceptors (Lipinski definition) is 1. The minimum Gasteiger partial charge on any atom is -0.309 e. The minimum absolute atomic E-state index is 0.251. The predicted molar refractivity (Wildman–Crippen MR) is 78.2 cm³/mol. The summed E-state index contributed by atoms with van der Waals surface area (Å²) in [6.07, 6.45) is 0. The maximum Gasteiger partial charge on any atom is 0.164 e. The highest BCUT2D eigenvalue weighted by Gasteiger charge is 2.21. The second-order valence-electron chi connectivity index (χ2n) is 4.85. The van der Waals surface area contributed by atoms with Crippen LogP contribution in [0.15, 0.2) is 30.3 Å². The zero-order valence-electron chi connectivity index (χ0n) is 11.6. The van der Waals surface area contributed by atoms with E-state index in [0.29, 0.717) is 5.02 Å². The molecule has 106 valence electrons. The van der Waals surface area contributed by atoms with Crippen molar-refractivity contribution in [3.05, 3.63) is 69.2 Å². The normalized spacial score (nSPS) is 12.5. The Labute approximate surface area is 122 Å². The lowest BCUT2D eigenvalue weighted by molar-refractivity contribution is 0.482. The van der Waals surface area contributed by atoms with Gasteiger partial charge in [0.15, 0.2) is 11.6 Å². The van der Waals surface area contributed by atoms with Crippen LogP contribution in [0.5, 0.6) is 0 Å². The van der Waals surface area contributed by atoms with E-state index in [2.05, 4.69) is 5.32 Å². The van der Waals surface area contributed by atoms with Crippen molar-refractivity contribution in [3.63, 3.8) is 0 Å². The van der Waals surface area contributed by atoms with E-state index in [9.17, 15) is 8.78 Å². The van der Waals surface area contributed by atoms with Crippen LogP contribution in [-0.2, 0) is 0 Å². The molecule has 1 atom stereocenters. The van der Waals surface area contributed by atoms with Gasteiger partial charge in [-0.2, -0.15) is 0 Å². The Morgan fingerprint density at radius 2 is 1.65 bits per heavy atom. The van der Waals surface area contributed by atoms with E-state index in [1.165, 1.54) is 6.92 Å². The van der Waals surface area contributed by atoms with Gasteiger partial charge in [-0.05, 0) is 43.7 Å². The number of benzene rings is 2. The third kappa shape index (κ3) is 2.69. The van der Waals surface area contributed by atoms with E-state index < -0.39 is 17.7 Å². The first-order valence-corrected chi connectivity index (χ1v) is 6.71. The average molecular weight is 296 g/mol. The standard InChI is InChI=1S/C16H16ClF2N/c1-9-4-6-11(13(17)8-9)16(20-3)12-7-5-10(2)14(18)15(12)19/h4-8,16,20H,1-3H3. The van der Waals surface area contributed by atoms with Gasteiger partial charge < -0.3 is 5.32 Å². The van der Waals surface area contributed by atoms with Gasteiger partial charge in [0.05, 0.1) is 6.04 Å². The van der Waals surface area contributed by atoms with E-state index in [0.717, 1.165) is 11.1 Å². The first-order valence-electron chi connectivity index (χ1n) is 6.33. The van der Waals surface area contributed by atoms with Gasteiger partial charge in [0.2, 0.25) is 0 Å². The molecule has 0 amide bonds. The number of halogens is 3. The molecule has 0 radical (unpaired) electrons. The Morgan fingerprint density at radius 3 is 2.25 bits per heavy atom. The smallest absolute Gasteiger partial charge is 0.164 e. The molecule has 0 aliphatic heterocycles.